The number of para-hydroxylation sites is 1. The quantitative estimate of drug-likeness (QED) is 0.523. The topological polar surface area (TPSA) is 41.7 Å². The minimum Gasteiger partial charge on any atom is -0.349 e. The second-order valence-electron chi connectivity index (χ2n) is 5.81. The van der Waals surface area contributed by atoms with Gasteiger partial charge in [-0.3, -0.25) is 9.97 Å². The molecule has 4 nitrogen and oxygen atoms in total. The van der Waals surface area contributed by atoms with Crippen molar-refractivity contribution in [1.82, 2.24) is 15.0 Å². The van der Waals surface area contributed by atoms with Gasteiger partial charge in [0.1, 0.15) is 11.0 Å². The molecule has 0 aliphatic carbocycles. The summed E-state index contributed by atoms with van der Waals surface area (Å²) in [7, 11) is 0. The molecule has 1 aromatic carbocycles. The number of nitrogens with zero attached hydrogens (tertiary/aromatic N) is 4. The van der Waals surface area contributed by atoms with E-state index in [1.165, 1.54) is 10.3 Å². The first kappa shape index (κ1) is 13.6. The van der Waals surface area contributed by atoms with Crippen LogP contribution in [0.2, 0.25) is 0 Å². The van der Waals surface area contributed by atoms with Crippen LogP contribution >= 0.6 is 11.3 Å². The first-order valence-electron chi connectivity index (χ1n) is 7.85. The number of fused-ring (bicyclic) bond motifs is 1. The smallest absolute Gasteiger partial charge is 0.119 e. The van der Waals surface area contributed by atoms with Crippen LogP contribution in [0.15, 0.2) is 73.3 Å². The highest BCUT2D eigenvalue weighted by molar-refractivity contribution is 7.18. The Kier molecular flexibility index (Phi) is 3.06. The average molecular weight is 330 g/mol. The van der Waals surface area contributed by atoms with Crippen molar-refractivity contribution >= 4 is 27.2 Å². The number of thiazole rings is 1. The molecule has 0 spiro atoms. The van der Waals surface area contributed by atoms with Crippen LogP contribution in [0.1, 0.15) is 22.7 Å². The van der Waals surface area contributed by atoms with Gasteiger partial charge in [-0.2, -0.15) is 0 Å². The third-order valence-electron chi connectivity index (χ3n) is 4.36. The van der Waals surface area contributed by atoms with Gasteiger partial charge in [-0.25, -0.2) is 4.98 Å². The van der Waals surface area contributed by atoms with Crippen LogP contribution in [0.4, 0.5) is 5.69 Å². The van der Waals surface area contributed by atoms with Gasteiger partial charge in [0.15, 0.2) is 0 Å². The molecule has 5 rings (SSSR count). The first-order valence-corrected chi connectivity index (χ1v) is 8.67. The van der Waals surface area contributed by atoms with Crippen molar-refractivity contribution in [2.45, 2.75) is 12.1 Å². The molecule has 0 N–H and O–H groups in total. The Hall–Kier alpha value is -2.79. The molecule has 1 fully saturated rings. The van der Waals surface area contributed by atoms with Crippen molar-refractivity contribution < 1.29 is 0 Å². The molecule has 1 aliphatic rings. The highest BCUT2D eigenvalue weighted by Crippen LogP contribution is 2.57. The SMILES string of the molecule is c1cncc(N2[C@H](c3ccncc3)[C@@H]2c2nc3ccccc3s2)c1. The zero-order chi connectivity index (χ0) is 15.9. The number of aromatic nitrogens is 3. The van der Waals surface area contributed by atoms with E-state index >= 15 is 0 Å². The Bertz CT molecular complexity index is 905. The average Bonchev–Trinajstić information content (AvgIpc) is 3.26. The predicted octanol–water partition coefficient (Wildman–Crippen LogP) is 4.39. The maximum absolute atomic E-state index is 4.87. The molecule has 116 valence electrons. The normalized spacial score (nSPS) is 19.6. The van der Waals surface area contributed by atoms with Gasteiger partial charge in [0.05, 0.1) is 28.1 Å². The van der Waals surface area contributed by atoms with Gasteiger partial charge >= 0.3 is 0 Å². The van der Waals surface area contributed by atoms with Crippen molar-refractivity contribution in [1.29, 1.82) is 0 Å². The lowest BCUT2D eigenvalue weighted by Crippen LogP contribution is -1.96. The van der Waals surface area contributed by atoms with Gasteiger partial charge in [0, 0.05) is 18.6 Å². The van der Waals surface area contributed by atoms with Crippen LogP contribution in [-0.2, 0) is 0 Å². The molecule has 5 heteroatoms. The van der Waals surface area contributed by atoms with Gasteiger partial charge < -0.3 is 4.90 Å². The number of anilines is 1. The molecular formula is C19H14N4S. The number of rotatable bonds is 3. The summed E-state index contributed by atoms with van der Waals surface area (Å²) < 4.78 is 1.24. The molecule has 0 radical (unpaired) electrons. The van der Waals surface area contributed by atoms with Crippen LogP contribution in [0.5, 0.6) is 0 Å². The Labute approximate surface area is 143 Å². The third kappa shape index (κ3) is 2.17. The summed E-state index contributed by atoms with van der Waals surface area (Å²) in [5, 5.41) is 1.15. The molecule has 3 aromatic heterocycles. The van der Waals surface area contributed by atoms with Crippen molar-refractivity contribution in [3.63, 3.8) is 0 Å². The van der Waals surface area contributed by atoms with E-state index in [-0.39, 0.29) is 12.1 Å². The summed E-state index contributed by atoms with van der Waals surface area (Å²) in [6, 6.07) is 17.1. The Morgan fingerprint density at radius 2 is 1.71 bits per heavy atom. The molecule has 1 saturated heterocycles. The molecule has 0 amide bonds. The summed E-state index contributed by atoms with van der Waals surface area (Å²) in [6.45, 7) is 0. The van der Waals surface area contributed by atoms with E-state index in [0.29, 0.717) is 0 Å². The van der Waals surface area contributed by atoms with Crippen LogP contribution < -0.4 is 4.90 Å². The molecule has 0 bridgehead atoms. The highest BCUT2D eigenvalue weighted by Gasteiger charge is 2.51. The predicted molar refractivity (Wildman–Crippen MR) is 96.1 cm³/mol. The van der Waals surface area contributed by atoms with Gasteiger partial charge in [0.2, 0.25) is 0 Å². The fourth-order valence-corrected chi connectivity index (χ4v) is 4.33. The first-order chi connectivity index (χ1) is 11.9. The standard InChI is InChI=1S/C19H14N4S/c1-2-6-16-15(5-1)22-19(24-16)18-17(13-7-10-20-11-8-13)23(18)14-4-3-9-21-12-14/h1-12,17-18H/t17-,18-,23?/m1/s1. The van der Waals surface area contributed by atoms with Gasteiger partial charge in [-0.15, -0.1) is 11.3 Å². The maximum atomic E-state index is 4.87. The molecule has 0 saturated carbocycles. The van der Waals surface area contributed by atoms with Gasteiger partial charge in [-0.1, -0.05) is 12.1 Å². The fourth-order valence-electron chi connectivity index (χ4n) is 3.23. The Morgan fingerprint density at radius 1 is 0.833 bits per heavy atom. The molecule has 4 aromatic rings. The monoisotopic (exact) mass is 330 g/mol. The van der Waals surface area contributed by atoms with Crippen LogP contribution in [-0.4, -0.2) is 15.0 Å². The van der Waals surface area contributed by atoms with E-state index in [9.17, 15) is 0 Å². The van der Waals surface area contributed by atoms with Crippen molar-refractivity contribution in [3.8, 4) is 0 Å². The maximum Gasteiger partial charge on any atom is 0.119 e. The van der Waals surface area contributed by atoms with E-state index in [2.05, 4.69) is 51.3 Å². The number of benzene rings is 1. The van der Waals surface area contributed by atoms with E-state index < -0.39 is 0 Å². The second-order valence-corrected chi connectivity index (χ2v) is 6.87. The van der Waals surface area contributed by atoms with Crippen molar-refractivity contribution in [2.75, 3.05) is 4.90 Å². The van der Waals surface area contributed by atoms with Gasteiger partial charge in [-0.05, 0) is 42.0 Å². The summed E-state index contributed by atoms with van der Waals surface area (Å²) in [6.07, 6.45) is 7.43. The third-order valence-corrected chi connectivity index (χ3v) is 5.47. The molecular weight excluding hydrogens is 316 g/mol. The zero-order valence-corrected chi connectivity index (χ0v) is 13.6. The highest BCUT2D eigenvalue weighted by atomic mass is 32.1. The lowest BCUT2D eigenvalue weighted by atomic mass is 10.1. The Morgan fingerprint density at radius 3 is 2.50 bits per heavy atom. The lowest BCUT2D eigenvalue weighted by molar-refractivity contribution is 1.01. The molecule has 1 aliphatic heterocycles. The number of hydrogen-bond donors (Lipinski definition) is 0. The molecule has 2 atom stereocenters. The van der Waals surface area contributed by atoms with E-state index in [1.54, 1.807) is 17.5 Å². The summed E-state index contributed by atoms with van der Waals surface area (Å²) in [5.74, 6) is 0. The zero-order valence-electron chi connectivity index (χ0n) is 12.8. The summed E-state index contributed by atoms with van der Waals surface area (Å²) in [5.41, 5.74) is 3.46. The van der Waals surface area contributed by atoms with Crippen LogP contribution in [0.3, 0.4) is 0 Å². The second kappa shape index (κ2) is 5.39. The minimum atomic E-state index is 0.258. The van der Waals surface area contributed by atoms with Crippen molar-refractivity contribution in [2.24, 2.45) is 0 Å². The summed E-state index contributed by atoms with van der Waals surface area (Å²) in [4.78, 5) is 15.7. The van der Waals surface area contributed by atoms with E-state index in [4.69, 9.17) is 4.98 Å². The number of pyridine rings is 2. The molecule has 0 unspecified atom stereocenters. The number of hydrogen-bond acceptors (Lipinski definition) is 5. The van der Waals surface area contributed by atoms with Crippen LogP contribution in [0.25, 0.3) is 10.2 Å². The van der Waals surface area contributed by atoms with E-state index in [1.807, 2.05) is 30.7 Å². The fraction of sp³-hybridized carbons (Fsp3) is 0.105. The van der Waals surface area contributed by atoms with E-state index in [0.717, 1.165) is 16.2 Å². The Balaban J connectivity index is 1.59. The lowest BCUT2D eigenvalue weighted by Gasteiger charge is -2.04. The minimum absolute atomic E-state index is 0.258. The van der Waals surface area contributed by atoms with Gasteiger partial charge in [0.25, 0.3) is 0 Å². The molecule has 4 heterocycles. The van der Waals surface area contributed by atoms with Crippen LogP contribution in [0, 0.1) is 0 Å². The largest absolute Gasteiger partial charge is 0.349 e. The summed E-state index contributed by atoms with van der Waals surface area (Å²) >= 11 is 1.78. The molecule has 24 heavy (non-hydrogen) atoms. The van der Waals surface area contributed by atoms with Crippen molar-refractivity contribution in [3.05, 3.63) is 83.9 Å².